The highest BCUT2D eigenvalue weighted by molar-refractivity contribution is 6.46. The molecule has 184 valence electrons. The van der Waals surface area contributed by atoms with Crippen molar-refractivity contribution in [2.24, 2.45) is 0 Å². The van der Waals surface area contributed by atoms with Gasteiger partial charge in [0.1, 0.15) is 29.6 Å². The van der Waals surface area contributed by atoms with Crippen LogP contribution < -0.4 is 14.2 Å². The molecular formula is C28H26N2O6. The summed E-state index contributed by atoms with van der Waals surface area (Å²) in [6, 6.07) is 14.4. The van der Waals surface area contributed by atoms with Crippen LogP contribution in [-0.4, -0.2) is 47.5 Å². The van der Waals surface area contributed by atoms with Crippen molar-refractivity contribution in [3.63, 3.8) is 0 Å². The van der Waals surface area contributed by atoms with E-state index in [1.165, 1.54) is 19.1 Å². The Morgan fingerprint density at radius 2 is 1.83 bits per heavy atom. The van der Waals surface area contributed by atoms with Gasteiger partial charge in [-0.15, -0.1) is 0 Å². The summed E-state index contributed by atoms with van der Waals surface area (Å²) >= 11 is 0. The number of aromatic nitrogens is 1. The van der Waals surface area contributed by atoms with Crippen LogP contribution >= 0.6 is 0 Å². The van der Waals surface area contributed by atoms with Crippen molar-refractivity contribution in [2.75, 3.05) is 20.8 Å². The Balaban J connectivity index is 1.87. The monoisotopic (exact) mass is 486 g/mol. The number of methoxy groups -OCH3 is 2. The van der Waals surface area contributed by atoms with Crippen LogP contribution in [0.15, 0.2) is 85.2 Å². The van der Waals surface area contributed by atoms with Gasteiger partial charge in [0.25, 0.3) is 11.7 Å². The molecule has 1 aliphatic heterocycles. The summed E-state index contributed by atoms with van der Waals surface area (Å²) in [7, 11) is 3.02. The zero-order valence-electron chi connectivity index (χ0n) is 20.0. The Kier molecular flexibility index (Phi) is 7.34. The third kappa shape index (κ3) is 4.79. The maximum absolute atomic E-state index is 13.3. The first-order chi connectivity index (χ1) is 17.5. The Bertz CT molecular complexity index is 1300. The van der Waals surface area contributed by atoms with Gasteiger partial charge in [0.05, 0.1) is 25.8 Å². The average molecular weight is 487 g/mol. The number of benzene rings is 2. The van der Waals surface area contributed by atoms with Gasteiger partial charge in [-0.1, -0.05) is 18.7 Å². The molecule has 1 fully saturated rings. The highest BCUT2D eigenvalue weighted by Gasteiger charge is 2.47. The zero-order chi connectivity index (χ0) is 25.7. The quantitative estimate of drug-likeness (QED) is 0.209. The fourth-order valence-electron chi connectivity index (χ4n) is 4.13. The molecule has 1 amide bonds. The van der Waals surface area contributed by atoms with Crippen LogP contribution in [0, 0.1) is 0 Å². The van der Waals surface area contributed by atoms with Crippen molar-refractivity contribution < 1.29 is 28.9 Å². The Hall–Kier alpha value is -4.59. The van der Waals surface area contributed by atoms with Gasteiger partial charge in [0.2, 0.25) is 0 Å². The number of carbonyl (C=O) groups excluding carboxylic acids is 2. The van der Waals surface area contributed by atoms with Crippen LogP contribution in [0.25, 0.3) is 5.76 Å². The van der Waals surface area contributed by atoms with Gasteiger partial charge >= 0.3 is 0 Å². The lowest BCUT2D eigenvalue weighted by Crippen LogP contribution is -2.29. The first-order valence-electron chi connectivity index (χ1n) is 11.2. The number of carbonyl (C=O) groups is 2. The fourth-order valence-corrected chi connectivity index (χ4v) is 4.13. The lowest BCUT2D eigenvalue weighted by molar-refractivity contribution is -0.140. The first-order valence-corrected chi connectivity index (χ1v) is 11.2. The third-order valence-corrected chi connectivity index (χ3v) is 5.84. The molecular weight excluding hydrogens is 460 g/mol. The zero-order valence-corrected chi connectivity index (χ0v) is 20.0. The molecule has 2 heterocycles. The number of aliphatic hydroxyl groups is 1. The Labute approximate surface area is 209 Å². The van der Waals surface area contributed by atoms with Crippen LogP contribution in [0.4, 0.5) is 0 Å². The summed E-state index contributed by atoms with van der Waals surface area (Å²) in [6.45, 7) is 4.06. The molecule has 8 nitrogen and oxygen atoms in total. The minimum absolute atomic E-state index is 0.0461. The van der Waals surface area contributed by atoms with E-state index in [-0.39, 0.29) is 17.9 Å². The summed E-state index contributed by atoms with van der Waals surface area (Å²) in [4.78, 5) is 32.1. The number of likely N-dealkylation sites (tertiary alicyclic amines) is 1. The highest BCUT2D eigenvalue weighted by Crippen LogP contribution is 2.44. The van der Waals surface area contributed by atoms with Crippen molar-refractivity contribution in [1.82, 2.24) is 9.88 Å². The van der Waals surface area contributed by atoms with Crippen molar-refractivity contribution >= 4 is 17.4 Å². The molecule has 1 aromatic heterocycles. The predicted octanol–water partition coefficient (Wildman–Crippen LogP) is 4.29. The van der Waals surface area contributed by atoms with Crippen LogP contribution in [-0.2, 0) is 16.1 Å². The third-order valence-electron chi connectivity index (χ3n) is 5.84. The molecule has 0 saturated carbocycles. The first kappa shape index (κ1) is 24.5. The van der Waals surface area contributed by atoms with E-state index in [1.807, 2.05) is 6.07 Å². The van der Waals surface area contributed by atoms with Crippen LogP contribution in [0.5, 0.6) is 17.2 Å². The molecule has 4 rings (SSSR count). The summed E-state index contributed by atoms with van der Waals surface area (Å²) in [5.41, 5.74) is 1.56. The number of rotatable bonds is 9. The van der Waals surface area contributed by atoms with Gasteiger partial charge in [-0.3, -0.25) is 14.6 Å². The maximum Gasteiger partial charge on any atom is 0.295 e. The topological polar surface area (TPSA) is 98.2 Å². The van der Waals surface area contributed by atoms with Crippen LogP contribution in [0.2, 0.25) is 0 Å². The number of ketones is 1. The minimum atomic E-state index is -0.924. The molecule has 1 aliphatic rings. The predicted molar refractivity (Wildman–Crippen MR) is 134 cm³/mol. The molecule has 1 atom stereocenters. The molecule has 0 spiro atoms. The van der Waals surface area contributed by atoms with Gasteiger partial charge in [-0.25, -0.2) is 0 Å². The molecule has 1 N–H and O–H groups in total. The molecule has 0 radical (unpaired) electrons. The number of amides is 1. The minimum Gasteiger partial charge on any atom is -0.507 e. The van der Waals surface area contributed by atoms with E-state index >= 15 is 0 Å². The summed E-state index contributed by atoms with van der Waals surface area (Å²) < 4.78 is 16.5. The summed E-state index contributed by atoms with van der Waals surface area (Å²) in [5, 5.41) is 11.3. The van der Waals surface area contributed by atoms with Gasteiger partial charge in [-0.2, -0.15) is 0 Å². The molecule has 0 aliphatic carbocycles. The Morgan fingerprint density at radius 1 is 1.08 bits per heavy atom. The van der Waals surface area contributed by atoms with E-state index in [1.54, 1.807) is 67.0 Å². The second-order valence-corrected chi connectivity index (χ2v) is 8.02. The lowest BCUT2D eigenvalue weighted by atomic mass is 9.94. The molecule has 3 aromatic rings. The normalized spacial score (nSPS) is 16.6. The average Bonchev–Trinajstić information content (AvgIpc) is 3.16. The van der Waals surface area contributed by atoms with Crippen molar-refractivity contribution in [1.29, 1.82) is 0 Å². The second kappa shape index (κ2) is 10.8. The van der Waals surface area contributed by atoms with E-state index in [9.17, 15) is 14.7 Å². The van der Waals surface area contributed by atoms with E-state index in [2.05, 4.69) is 11.6 Å². The number of nitrogens with zero attached hydrogens (tertiary/aromatic N) is 2. The van der Waals surface area contributed by atoms with E-state index in [4.69, 9.17) is 14.2 Å². The number of Topliss-reactive ketones (excluding diaryl/α,β-unsaturated/α-hetero) is 1. The van der Waals surface area contributed by atoms with Gasteiger partial charge in [0, 0.05) is 30.1 Å². The largest absolute Gasteiger partial charge is 0.507 e. The maximum atomic E-state index is 13.3. The van der Waals surface area contributed by atoms with E-state index in [0.717, 1.165) is 5.56 Å². The van der Waals surface area contributed by atoms with E-state index in [0.29, 0.717) is 35.0 Å². The SMILES string of the molecule is C=CCOc1ccc(C(O)=C2C(=O)C(=O)N(Cc3cccnc3)C2c2cc(OC)ccc2OC)cc1. The number of hydrogen-bond acceptors (Lipinski definition) is 7. The molecule has 1 unspecified atom stereocenters. The molecule has 36 heavy (non-hydrogen) atoms. The summed E-state index contributed by atoms with van der Waals surface area (Å²) in [5.74, 6) is -0.291. The molecule has 1 saturated heterocycles. The van der Waals surface area contributed by atoms with E-state index < -0.39 is 17.7 Å². The van der Waals surface area contributed by atoms with Gasteiger partial charge in [0.15, 0.2) is 0 Å². The number of pyridine rings is 1. The standard InChI is InChI=1S/C28H26N2O6/c1-4-14-36-20-9-7-19(8-10-20)26(31)24-25(22-15-21(34-2)11-12-23(22)35-3)30(28(33)27(24)32)17-18-6-5-13-29-16-18/h4-13,15-16,25,31H,1,14,17H2,2-3H3. The highest BCUT2D eigenvalue weighted by atomic mass is 16.5. The van der Waals surface area contributed by atoms with Crippen molar-refractivity contribution in [3.05, 3.63) is 102 Å². The smallest absolute Gasteiger partial charge is 0.295 e. The van der Waals surface area contributed by atoms with Gasteiger partial charge in [-0.05, 0) is 54.1 Å². The molecule has 8 heteroatoms. The van der Waals surface area contributed by atoms with Crippen molar-refractivity contribution in [3.8, 4) is 17.2 Å². The number of hydrogen-bond donors (Lipinski definition) is 1. The van der Waals surface area contributed by atoms with Crippen LogP contribution in [0.3, 0.4) is 0 Å². The second-order valence-electron chi connectivity index (χ2n) is 8.02. The number of ether oxygens (including phenoxy) is 3. The fraction of sp³-hybridized carbons (Fsp3) is 0.179. The van der Waals surface area contributed by atoms with Gasteiger partial charge < -0.3 is 24.2 Å². The molecule has 0 bridgehead atoms. The Morgan fingerprint density at radius 3 is 2.47 bits per heavy atom. The molecule has 2 aromatic carbocycles. The lowest BCUT2D eigenvalue weighted by Gasteiger charge is -2.27. The van der Waals surface area contributed by atoms with Crippen molar-refractivity contribution in [2.45, 2.75) is 12.6 Å². The number of aliphatic hydroxyl groups excluding tert-OH is 1. The van der Waals surface area contributed by atoms with Crippen LogP contribution in [0.1, 0.15) is 22.7 Å². The summed E-state index contributed by atoms with van der Waals surface area (Å²) in [6.07, 6.45) is 4.88.